The maximum atomic E-state index is 11.2. The highest BCUT2D eigenvalue weighted by molar-refractivity contribution is 7.80. The average Bonchev–Trinajstić information content (AvgIpc) is 1.96. The quantitative estimate of drug-likeness (QED) is 0.650. The fourth-order valence-corrected chi connectivity index (χ4v) is 1.46. The van der Waals surface area contributed by atoms with E-state index in [0.717, 1.165) is 0 Å². The SMILES string of the molecule is NC(=S)CCNC(=O)CC1CCC1. The Morgan fingerprint density at radius 1 is 1.54 bits per heavy atom. The van der Waals surface area contributed by atoms with E-state index in [1.54, 1.807) is 0 Å². The highest BCUT2D eigenvalue weighted by Crippen LogP contribution is 2.28. The van der Waals surface area contributed by atoms with Crippen LogP contribution in [0.1, 0.15) is 32.1 Å². The first-order valence-electron chi connectivity index (χ1n) is 4.73. The summed E-state index contributed by atoms with van der Waals surface area (Å²) in [6.45, 7) is 0.584. The molecule has 3 N–H and O–H groups in total. The van der Waals surface area contributed by atoms with Crippen LogP contribution in [0.2, 0.25) is 0 Å². The molecular formula is C9H16N2OS. The van der Waals surface area contributed by atoms with Crippen molar-refractivity contribution in [3.63, 3.8) is 0 Å². The lowest BCUT2D eigenvalue weighted by molar-refractivity contribution is -0.122. The van der Waals surface area contributed by atoms with Crippen molar-refractivity contribution < 1.29 is 4.79 Å². The lowest BCUT2D eigenvalue weighted by Crippen LogP contribution is -2.30. The first-order chi connectivity index (χ1) is 6.18. The normalized spacial score (nSPS) is 16.3. The van der Waals surface area contributed by atoms with Crippen molar-refractivity contribution in [2.45, 2.75) is 32.1 Å². The first-order valence-corrected chi connectivity index (χ1v) is 5.14. The number of nitrogens with two attached hydrogens (primary N) is 1. The van der Waals surface area contributed by atoms with Gasteiger partial charge in [0.05, 0.1) is 4.99 Å². The molecule has 1 rings (SSSR count). The van der Waals surface area contributed by atoms with Gasteiger partial charge in [-0.15, -0.1) is 0 Å². The summed E-state index contributed by atoms with van der Waals surface area (Å²) in [5, 5.41) is 2.81. The molecule has 0 aliphatic heterocycles. The Kier molecular flexibility index (Phi) is 4.15. The summed E-state index contributed by atoms with van der Waals surface area (Å²) in [7, 11) is 0. The van der Waals surface area contributed by atoms with Crippen molar-refractivity contribution >= 4 is 23.1 Å². The van der Waals surface area contributed by atoms with Gasteiger partial charge in [-0.05, 0) is 18.8 Å². The summed E-state index contributed by atoms with van der Waals surface area (Å²) in [6, 6.07) is 0. The van der Waals surface area contributed by atoms with Crippen molar-refractivity contribution in [2.24, 2.45) is 11.7 Å². The maximum Gasteiger partial charge on any atom is 0.220 e. The summed E-state index contributed by atoms with van der Waals surface area (Å²) in [4.78, 5) is 11.7. The second-order valence-corrected chi connectivity index (χ2v) is 4.09. The molecule has 4 heteroatoms. The number of amides is 1. The molecular weight excluding hydrogens is 184 g/mol. The van der Waals surface area contributed by atoms with Crippen LogP contribution in [-0.2, 0) is 4.79 Å². The second-order valence-electron chi connectivity index (χ2n) is 3.57. The standard InChI is InChI=1S/C9H16N2OS/c10-8(13)4-5-11-9(12)6-7-2-1-3-7/h7H,1-6H2,(H2,10,13)(H,11,12). The van der Waals surface area contributed by atoms with E-state index in [0.29, 0.717) is 30.3 Å². The van der Waals surface area contributed by atoms with Crippen molar-refractivity contribution in [3.8, 4) is 0 Å². The molecule has 13 heavy (non-hydrogen) atoms. The summed E-state index contributed by atoms with van der Waals surface area (Å²) < 4.78 is 0. The predicted molar refractivity (Wildman–Crippen MR) is 56.4 cm³/mol. The van der Waals surface area contributed by atoms with Gasteiger partial charge >= 0.3 is 0 Å². The number of rotatable bonds is 5. The van der Waals surface area contributed by atoms with E-state index in [2.05, 4.69) is 5.32 Å². The molecule has 1 amide bonds. The predicted octanol–water partition coefficient (Wildman–Crippen LogP) is 0.969. The molecule has 1 saturated carbocycles. The van der Waals surface area contributed by atoms with Crippen LogP contribution in [0.3, 0.4) is 0 Å². The van der Waals surface area contributed by atoms with E-state index >= 15 is 0 Å². The second kappa shape index (κ2) is 5.17. The van der Waals surface area contributed by atoms with Crippen molar-refractivity contribution in [3.05, 3.63) is 0 Å². The molecule has 1 aliphatic rings. The number of thiocarbonyl (C=S) groups is 1. The Morgan fingerprint density at radius 3 is 2.69 bits per heavy atom. The molecule has 0 saturated heterocycles. The molecule has 0 atom stereocenters. The van der Waals surface area contributed by atoms with Crippen LogP contribution in [0.5, 0.6) is 0 Å². The topological polar surface area (TPSA) is 55.1 Å². The Hall–Kier alpha value is -0.640. The number of hydrogen-bond acceptors (Lipinski definition) is 2. The van der Waals surface area contributed by atoms with Gasteiger partial charge in [0, 0.05) is 19.4 Å². The fourth-order valence-electron chi connectivity index (χ4n) is 1.36. The molecule has 74 valence electrons. The van der Waals surface area contributed by atoms with Crippen LogP contribution in [0.15, 0.2) is 0 Å². The van der Waals surface area contributed by atoms with Crippen molar-refractivity contribution in [1.82, 2.24) is 5.32 Å². The van der Waals surface area contributed by atoms with Crippen LogP contribution in [0.25, 0.3) is 0 Å². The molecule has 1 aliphatic carbocycles. The zero-order chi connectivity index (χ0) is 9.68. The van der Waals surface area contributed by atoms with Crippen LogP contribution in [0.4, 0.5) is 0 Å². The number of carbonyl (C=O) groups excluding carboxylic acids is 1. The molecule has 0 aromatic heterocycles. The molecule has 0 unspecified atom stereocenters. The van der Waals surface area contributed by atoms with Gasteiger partial charge in [0.15, 0.2) is 0 Å². The molecule has 0 aromatic carbocycles. The summed E-state index contributed by atoms with van der Waals surface area (Å²) in [5.74, 6) is 0.769. The molecule has 0 spiro atoms. The van der Waals surface area contributed by atoms with E-state index in [-0.39, 0.29) is 5.91 Å². The Bertz CT molecular complexity index is 202. The minimum atomic E-state index is 0.140. The van der Waals surface area contributed by atoms with Crippen LogP contribution >= 0.6 is 12.2 Å². The zero-order valence-electron chi connectivity index (χ0n) is 7.71. The minimum Gasteiger partial charge on any atom is -0.393 e. The summed E-state index contributed by atoms with van der Waals surface area (Å²) >= 11 is 4.70. The van der Waals surface area contributed by atoms with Gasteiger partial charge in [0.1, 0.15) is 0 Å². The molecule has 0 aromatic rings. The van der Waals surface area contributed by atoms with Gasteiger partial charge < -0.3 is 11.1 Å². The first kappa shape index (κ1) is 10.4. The van der Waals surface area contributed by atoms with E-state index in [1.165, 1.54) is 19.3 Å². The van der Waals surface area contributed by atoms with Gasteiger partial charge in [-0.25, -0.2) is 0 Å². The summed E-state index contributed by atoms with van der Waals surface area (Å²) in [5.41, 5.74) is 5.30. The molecule has 3 nitrogen and oxygen atoms in total. The fraction of sp³-hybridized carbons (Fsp3) is 0.778. The van der Waals surface area contributed by atoms with Crippen LogP contribution < -0.4 is 11.1 Å². The van der Waals surface area contributed by atoms with Gasteiger partial charge in [-0.2, -0.15) is 0 Å². The average molecular weight is 200 g/mol. The Balaban J connectivity index is 2.00. The number of carbonyl (C=O) groups is 1. The third-order valence-corrected chi connectivity index (χ3v) is 2.60. The molecule has 0 bridgehead atoms. The van der Waals surface area contributed by atoms with Crippen LogP contribution in [0, 0.1) is 5.92 Å². The lowest BCUT2D eigenvalue weighted by atomic mass is 9.83. The Morgan fingerprint density at radius 2 is 2.23 bits per heavy atom. The van der Waals surface area contributed by atoms with Gasteiger partial charge in [0.25, 0.3) is 0 Å². The smallest absolute Gasteiger partial charge is 0.220 e. The zero-order valence-corrected chi connectivity index (χ0v) is 8.53. The summed E-state index contributed by atoms with van der Waals surface area (Å²) in [6.07, 6.45) is 4.99. The number of hydrogen-bond donors (Lipinski definition) is 2. The third kappa shape index (κ3) is 4.22. The van der Waals surface area contributed by atoms with E-state index in [1.807, 2.05) is 0 Å². The lowest BCUT2D eigenvalue weighted by Gasteiger charge is -2.24. The third-order valence-electron chi connectivity index (χ3n) is 2.39. The van der Waals surface area contributed by atoms with E-state index < -0.39 is 0 Å². The minimum absolute atomic E-state index is 0.140. The van der Waals surface area contributed by atoms with Gasteiger partial charge in [-0.1, -0.05) is 18.6 Å². The Labute approximate surface area is 84.1 Å². The molecule has 1 fully saturated rings. The van der Waals surface area contributed by atoms with E-state index in [4.69, 9.17) is 18.0 Å². The van der Waals surface area contributed by atoms with Crippen LogP contribution in [-0.4, -0.2) is 17.4 Å². The van der Waals surface area contributed by atoms with Gasteiger partial charge in [0.2, 0.25) is 5.91 Å². The highest BCUT2D eigenvalue weighted by Gasteiger charge is 2.20. The molecule has 0 radical (unpaired) electrons. The maximum absolute atomic E-state index is 11.2. The number of nitrogens with one attached hydrogen (secondary N) is 1. The van der Waals surface area contributed by atoms with Crippen molar-refractivity contribution in [1.29, 1.82) is 0 Å². The molecule has 0 heterocycles. The highest BCUT2D eigenvalue weighted by atomic mass is 32.1. The monoisotopic (exact) mass is 200 g/mol. The van der Waals surface area contributed by atoms with Gasteiger partial charge in [-0.3, -0.25) is 4.79 Å². The largest absolute Gasteiger partial charge is 0.393 e. The van der Waals surface area contributed by atoms with E-state index in [9.17, 15) is 4.79 Å². The van der Waals surface area contributed by atoms with Crippen molar-refractivity contribution in [2.75, 3.05) is 6.54 Å².